The number of pyridine rings is 1. The quantitative estimate of drug-likeness (QED) is 0.537. The second-order valence-electron chi connectivity index (χ2n) is 8.76. The number of aryl methyl sites for hydroxylation is 1. The minimum atomic E-state index is -3.71. The molecule has 5 rings (SSSR count). The largest absolute Gasteiger partial charge is 0.586 e. The zero-order valence-electron chi connectivity index (χ0n) is 18.5. The lowest BCUT2D eigenvalue weighted by Gasteiger charge is -2.16. The minimum absolute atomic E-state index is 0.0548. The van der Waals surface area contributed by atoms with E-state index < -0.39 is 17.7 Å². The Morgan fingerprint density at radius 1 is 1.03 bits per heavy atom. The van der Waals surface area contributed by atoms with Crippen molar-refractivity contribution < 1.29 is 33.0 Å². The van der Waals surface area contributed by atoms with Gasteiger partial charge in [0.25, 0.3) is 0 Å². The molecule has 2 heterocycles. The van der Waals surface area contributed by atoms with Crippen LogP contribution in [0.1, 0.15) is 45.6 Å². The summed E-state index contributed by atoms with van der Waals surface area (Å²) >= 11 is 0. The highest BCUT2D eigenvalue weighted by Crippen LogP contribution is 2.52. The van der Waals surface area contributed by atoms with Crippen LogP contribution in [0.15, 0.2) is 48.5 Å². The van der Waals surface area contributed by atoms with Crippen LogP contribution < -0.4 is 9.47 Å². The second-order valence-corrected chi connectivity index (χ2v) is 8.76. The molecular formula is C26H21F2NO5. The fourth-order valence-electron chi connectivity index (χ4n) is 4.50. The summed E-state index contributed by atoms with van der Waals surface area (Å²) in [4.78, 5) is 29.6. The van der Waals surface area contributed by atoms with Crippen molar-refractivity contribution in [2.24, 2.45) is 0 Å². The molecule has 1 aromatic heterocycles. The molecule has 1 aliphatic carbocycles. The van der Waals surface area contributed by atoms with Crippen LogP contribution in [0.5, 0.6) is 11.5 Å². The number of hydrogen-bond donors (Lipinski definition) is 1. The molecule has 0 bridgehead atoms. The number of Topliss-reactive ketones (excluding diaryl/α,β-unsaturated/α-hetero) is 1. The van der Waals surface area contributed by atoms with Gasteiger partial charge in [-0.3, -0.25) is 9.78 Å². The summed E-state index contributed by atoms with van der Waals surface area (Å²) in [6.45, 7) is 3.62. The predicted molar refractivity (Wildman–Crippen MR) is 118 cm³/mol. The number of ether oxygens (including phenoxy) is 2. The molecule has 0 saturated heterocycles. The average Bonchev–Trinajstić information content (AvgIpc) is 3.52. The van der Waals surface area contributed by atoms with E-state index in [1.165, 1.54) is 12.1 Å². The van der Waals surface area contributed by atoms with Gasteiger partial charge in [-0.2, -0.15) is 0 Å². The number of carboxylic acids is 1. The zero-order valence-corrected chi connectivity index (χ0v) is 18.5. The van der Waals surface area contributed by atoms with Gasteiger partial charge in [-0.1, -0.05) is 24.3 Å². The third kappa shape index (κ3) is 3.69. The van der Waals surface area contributed by atoms with Gasteiger partial charge in [0, 0.05) is 17.7 Å². The highest BCUT2D eigenvalue weighted by Gasteiger charge is 2.52. The Balaban J connectivity index is 1.43. The number of aromatic carboxylic acids is 1. The summed E-state index contributed by atoms with van der Waals surface area (Å²) in [5.74, 6) is -1.20. The number of carbonyl (C=O) groups excluding carboxylic acids is 1. The van der Waals surface area contributed by atoms with Crippen molar-refractivity contribution >= 4 is 11.8 Å². The molecule has 1 N–H and O–H groups in total. The highest BCUT2D eigenvalue weighted by molar-refractivity contribution is 5.95. The third-order valence-electron chi connectivity index (χ3n) is 6.55. The number of carbonyl (C=O) groups is 2. The van der Waals surface area contributed by atoms with Gasteiger partial charge in [0.15, 0.2) is 11.5 Å². The first kappa shape index (κ1) is 22.0. The third-order valence-corrected chi connectivity index (χ3v) is 6.55. The van der Waals surface area contributed by atoms with Crippen molar-refractivity contribution in [3.63, 3.8) is 0 Å². The van der Waals surface area contributed by atoms with E-state index in [2.05, 4.69) is 9.47 Å². The van der Waals surface area contributed by atoms with Crippen molar-refractivity contribution in [1.82, 2.24) is 4.98 Å². The van der Waals surface area contributed by atoms with Gasteiger partial charge in [0.1, 0.15) is 5.78 Å². The lowest BCUT2D eigenvalue weighted by Crippen LogP contribution is -2.26. The van der Waals surface area contributed by atoms with Crippen molar-refractivity contribution in [3.05, 3.63) is 76.5 Å². The Labute approximate surface area is 194 Å². The lowest BCUT2D eigenvalue weighted by atomic mass is 9.88. The molecule has 0 atom stereocenters. The Morgan fingerprint density at radius 2 is 1.76 bits per heavy atom. The first-order chi connectivity index (χ1) is 16.1. The van der Waals surface area contributed by atoms with Gasteiger partial charge < -0.3 is 14.6 Å². The molecule has 2 aromatic carbocycles. The smallest absolute Gasteiger partial charge is 0.478 e. The summed E-state index contributed by atoms with van der Waals surface area (Å²) in [5.41, 5.74) is 3.40. The van der Waals surface area contributed by atoms with Gasteiger partial charge in [-0.15, -0.1) is 8.78 Å². The van der Waals surface area contributed by atoms with Crippen LogP contribution in [-0.4, -0.2) is 28.1 Å². The molecular weight excluding hydrogens is 444 g/mol. The van der Waals surface area contributed by atoms with Crippen molar-refractivity contribution in [1.29, 1.82) is 0 Å². The summed E-state index contributed by atoms with van der Waals surface area (Å²) in [6.07, 6.45) is -2.42. The molecule has 0 spiro atoms. The van der Waals surface area contributed by atoms with Gasteiger partial charge in [0.2, 0.25) is 0 Å². The monoisotopic (exact) mass is 465 g/mol. The number of hydrogen-bond acceptors (Lipinski definition) is 5. The molecule has 174 valence electrons. The van der Waals surface area contributed by atoms with E-state index in [-0.39, 0.29) is 29.3 Å². The molecule has 0 radical (unpaired) electrons. The van der Waals surface area contributed by atoms with Crippen molar-refractivity contribution in [2.45, 2.75) is 44.8 Å². The summed E-state index contributed by atoms with van der Waals surface area (Å²) < 4.78 is 35.8. The van der Waals surface area contributed by atoms with Gasteiger partial charge in [0.05, 0.1) is 16.7 Å². The predicted octanol–water partition coefficient (Wildman–Crippen LogP) is 5.23. The molecule has 1 saturated carbocycles. The van der Waals surface area contributed by atoms with Crippen molar-refractivity contribution in [2.75, 3.05) is 0 Å². The number of halogens is 2. The fourth-order valence-corrected chi connectivity index (χ4v) is 4.50. The maximum atomic E-state index is 13.4. The summed E-state index contributed by atoms with van der Waals surface area (Å²) in [7, 11) is 0. The number of fused-ring (bicyclic) bond motifs is 1. The van der Waals surface area contributed by atoms with Crippen LogP contribution in [0, 0.1) is 13.8 Å². The number of benzene rings is 2. The number of nitrogens with zero attached hydrogens (tertiary/aromatic N) is 1. The molecule has 0 amide bonds. The topological polar surface area (TPSA) is 85.7 Å². The molecule has 1 fully saturated rings. The standard InChI is InChI=1S/C26H21F2NO5/c1-14-6-8-17(29-23(14)18-4-3-5-19(15(18)2)24(31)32)13-22(30)25(10-11-25)16-7-9-20-21(12-16)34-26(27,28)33-20/h3-9,12H,10-11,13H2,1-2H3,(H,31,32). The van der Waals surface area contributed by atoms with Crippen LogP contribution in [0.3, 0.4) is 0 Å². The van der Waals surface area contributed by atoms with E-state index in [0.29, 0.717) is 40.9 Å². The Morgan fingerprint density at radius 3 is 2.47 bits per heavy atom. The molecule has 8 heteroatoms. The Hall–Kier alpha value is -3.81. The van der Waals surface area contributed by atoms with E-state index in [1.807, 2.05) is 19.1 Å². The van der Waals surface area contributed by atoms with Crippen LogP contribution in [0.25, 0.3) is 11.3 Å². The lowest BCUT2D eigenvalue weighted by molar-refractivity contribution is -0.286. The normalized spacial score (nSPS) is 16.8. The van der Waals surface area contributed by atoms with Gasteiger partial charge in [-0.25, -0.2) is 4.79 Å². The van der Waals surface area contributed by atoms with E-state index >= 15 is 0 Å². The summed E-state index contributed by atoms with van der Waals surface area (Å²) in [6, 6.07) is 13.2. The van der Waals surface area contributed by atoms with Crippen LogP contribution >= 0.6 is 0 Å². The number of ketones is 1. The average molecular weight is 465 g/mol. The molecule has 0 unspecified atom stereocenters. The van der Waals surface area contributed by atoms with Gasteiger partial charge >= 0.3 is 12.3 Å². The first-order valence-electron chi connectivity index (χ1n) is 10.8. The Bertz CT molecular complexity index is 1350. The van der Waals surface area contributed by atoms with Crippen LogP contribution in [0.2, 0.25) is 0 Å². The van der Waals surface area contributed by atoms with E-state index in [0.717, 1.165) is 5.56 Å². The van der Waals surface area contributed by atoms with Gasteiger partial charge in [-0.05, 0) is 67.6 Å². The highest BCUT2D eigenvalue weighted by atomic mass is 19.3. The Kier molecular flexibility index (Phi) is 4.93. The first-order valence-corrected chi connectivity index (χ1v) is 10.8. The molecule has 34 heavy (non-hydrogen) atoms. The van der Waals surface area contributed by atoms with Crippen LogP contribution in [-0.2, 0) is 16.6 Å². The SMILES string of the molecule is Cc1ccc(CC(=O)C2(c3ccc4c(c3)OC(F)(F)O4)CC2)nc1-c1cccc(C(=O)O)c1C. The molecule has 3 aromatic rings. The molecule has 2 aliphatic rings. The summed E-state index contributed by atoms with van der Waals surface area (Å²) in [5, 5.41) is 9.45. The van der Waals surface area contributed by atoms with E-state index in [9.17, 15) is 23.5 Å². The molecule has 6 nitrogen and oxygen atoms in total. The van der Waals surface area contributed by atoms with E-state index in [4.69, 9.17) is 4.98 Å². The number of carboxylic acid groups (broad SMARTS) is 1. The van der Waals surface area contributed by atoms with E-state index in [1.54, 1.807) is 31.2 Å². The number of alkyl halides is 2. The zero-order chi connectivity index (χ0) is 24.3. The van der Waals surface area contributed by atoms with Crippen molar-refractivity contribution in [3.8, 4) is 22.8 Å². The number of rotatable bonds is 6. The maximum absolute atomic E-state index is 13.4. The fraction of sp³-hybridized carbons (Fsp3) is 0.269. The second kappa shape index (κ2) is 7.62. The molecule has 1 aliphatic heterocycles. The maximum Gasteiger partial charge on any atom is 0.586 e. The minimum Gasteiger partial charge on any atom is -0.478 e. The number of aromatic nitrogens is 1. The van der Waals surface area contributed by atoms with Crippen LogP contribution in [0.4, 0.5) is 8.78 Å².